The fraction of sp³-hybridized carbons (Fsp3) is 0.273. The zero-order chi connectivity index (χ0) is 14.3. The Morgan fingerprint density at radius 1 is 1.37 bits per heavy atom. The maximum absolute atomic E-state index is 11.8. The molecule has 0 heterocycles. The Hall–Kier alpha value is -2.25. The number of benzene rings is 1. The van der Waals surface area contributed by atoms with E-state index in [1.54, 1.807) is 17.4 Å². The summed E-state index contributed by atoms with van der Waals surface area (Å²) in [5.41, 5.74) is 0.447. The summed E-state index contributed by atoms with van der Waals surface area (Å²) in [5.74, 6) is -0.625. The number of carbonyl (C=O) groups is 2. The smallest absolute Gasteiger partial charge is 0.405 e. The number of hydrogen-bond acceptors (Lipinski definition) is 3. The predicted octanol–water partition coefficient (Wildman–Crippen LogP) is 1.31. The molecule has 1 aromatic rings. The molecule has 0 radical (unpaired) electrons. The molecule has 104 valence electrons. The van der Waals surface area contributed by atoms with Crippen LogP contribution in [0.5, 0.6) is 5.75 Å². The normalized spacial score (nSPS) is 10.7. The second-order valence-electron chi connectivity index (χ2n) is 3.47. The molecule has 0 saturated carbocycles. The zero-order valence-corrected chi connectivity index (χ0v) is 9.66. The van der Waals surface area contributed by atoms with Crippen molar-refractivity contribution in [2.24, 2.45) is 0 Å². The highest BCUT2D eigenvalue weighted by Gasteiger charge is 2.27. The molecule has 0 saturated heterocycles. The van der Waals surface area contributed by atoms with Crippen molar-refractivity contribution >= 4 is 18.0 Å². The van der Waals surface area contributed by atoms with Crippen LogP contribution in [0, 0.1) is 0 Å². The van der Waals surface area contributed by atoms with E-state index in [9.17, 15) is 22.8 Å². The summed E-state index contributed by atoms with van der Waals surface area (Å²) >= 11 is 0. The Labute approximate surface area is 106 Å². The number of alkyl halides is 3. The van der Waals surface area contributed by atoms with Gasteiger partial charge in [0.15, 0.2) is 6.61 Å². The van der Waals surface area contributed by atoms with Crippen LogP contribution < -0.4 is 15.4 Å². The summed E-state index contributed by atoms with van der Waals surface area (Å²) < 4.78 is 40.4. The first-order valence-corrected chi connectivity index (χ1v) is 5.17. The van der Waals surface area contributed by atoms with Crippen LogP contribution in [-0.2, 0) is 9.59 Å². The summed E-state index contributed by atoms with van der Waals surface area (Å²) in [4.78, 5) is 21.3. The average molecular weight is 276 g/mol. The topological polar surface area (TPSA) is 67.4 Å². The van der Waals surface area contributed by atoms with Crippen molar-refractivity contribution in [3.8, 4) is 5.75 Å². The van der Waals surface area contributed by atoms with Crippen molar-refractivity contribution in [2.45, 2.75) is 6.18 Å². The van der Waals surface area contributed by atoms with Gasteiger partial charge in [0, 0.05) is 11.8 Å². The van der Waals surface area contributed by atoms with Gasteiger partial charge >= 0.3 is 6.18 Å². The average Bonchev–Trinajstić information content (AvgIpc) is 2.34. The maximum atomic E-state index is 11.8. The molecule has 0 aliphatic heterocycles. The number of nitrogens with one attached hydrogen (secondary N) is 2. The van der Waals surface area contributed by atoms with Crippen molar-refractivity contribution < 1.29 is 27.5 Å². The van der Waals surface area contributed by atoms with E-state index in [1.165, 1.54) is 12.1 Å². The van der Waals surface area contributed by atoms with Crippen LogP contribution in [0.1, 0.15) is 0 Å². The summed E-state index contributed by atoms with van der Waals surface area (Å²) in [6, 6.07) is 6.10. The van der Waals surface area contributed by atoms with Gasteiger partial charge in [0.2, 0.25) is 6.41 Å². The van der Waals surface area contributed by atoms with Crippen molar-refractivity contribution in [1.29, 1.82) is 0 Å². The molecule has 0 bridgehead atoms. The van der Waals surface area contributed by atoms with Gasteiger partial charge in [0.05, 0.1) is 0 Å². The van der Waals surface area contributed by atoms with Gasteiger partial charge < -0.3 is 15.4 Å². The van der Waals surface area contributed by atoms with Crippen LogP contribution in [0.2, 0.25) is 0 Å². The molecule has 0 fully saturated rings. The molecule has 2 N–H and O–H groups in total. The Morgan fingerprint density at radius 3 is 2.74 bits per heavy atom. The molecule has 5 nitrogen and oxygen atoms in total. The predicted molar refractivity (Wildman–Crippen MR) is 60.7 cm³/mol. The standard InChI is InChI=1S/C11H11F3N2O3/c12-11(13,14)6-15-10(18)5-19-9-3-1-2-8(4-9)16-7-17/h1-4,7H,5-6H2,(H,15,18)(H,16,17). The van der Waals surface area contributed by atoms with E-state index in [-0.39, 0.29) is 5.75 Å². The van der Waals surface area contributed by atoms with Gasteiger partial charge in [-0.2, -0.15) is 13.2 Å². The monoisotopic (exact) mass is 276 g/mol. The second-order valence-corrected chi connectivity index (χ2v) is 3.47. The largest absolute Gasteiger partial charge is 0.484 e. The van der Waals surface area contributed by atoms with E-state index in [0.29, 0.717) is 12.1 Å². The minimum absolute atomic E-state index is 0.258. The summed E-state index contributed by atoms with van der Waals surface area (Å²) in [7, 11) is 0. The second kappa shape index (κ2) is 6.62. The fourth-order valence-corrected chi connectivity index (χ4v) is 1.14. The number of hydrogen-bond donors (Lipinski definition) is 2. The Bertz CT molecular complexity index is 449. The molecule has 8 heteroatoms. The first-order valence-electron chi connectivity index (χ1n) is 5.17. The summed E-state index contributed by atoms with van der Waals surface area (Å²) in [6.07, 6.45) is -3.99. The third kappa shape index (κ3) is 6.29. The van der Waals surface area contributed by atoms with Gasteiger partial charge in [0.25, 0.3) is 5.91 Å². The third-order valence-corrected chi connectivity index (χ3v) is 1.92. The Balaban J connectivity index is 2.41. The molecule has 2 amide bonds. The number of anilines is 1. The molecular formula is C11H11F3N2O3. The van der Waals surface area contributed by atoms with Gasteiger partial charge in [-0.05, 0) is 12.1 Å². The highest BCUT2D eigenvalue weighted by molar-refractivity contribution is 5.77. The van der Waals surface area contributed by atoms with E-state index >= 15 is 0 Å². The molecule has 0 aromatic heterocycles. The molecular weight excluding hydrogens is 265 g/mol. The molecule has 1 aromatic carbocycles. The highest BCUT2D eigenvalue weighted by atomic mass is 19.4. The maximum Gasteiger partial charge on any atom is 0.405 e. The van der Waals surface area contributed by atoms with E-state index < -0.39 is 25.2 Å². The van der Waals surface area contributed by atoms with Crippen molar-refractivity contribution in [3.05, 3.63) is 24.3 Å². The van der Waals surface area contributed by atoms with Crippen LogP contribution in [0.15, 0.2) is 24.3 Å². The van der Waals surface area contributed by atoms with Crippen LogP contribution in [-0.4, -0.2) is 31.6 Å². The molecule has 0 aliphatic carbocycles. The fourth-order valence-electron chi connectivity index (χ4n) is 1.14. The quantitative estimate of drug-likeness (QED) is 0.770. The van der Waals surface area contributed by atoms with E-state index in [0.717, 1.165) is 0 Å². The lowest BCUT2D eigenvalue weighted by Crippen LogP contribution is -2.36. The van der Waals surface area contributed by atoms with Gasteiger partial charge in [0.1, 0.15) is 12.3 Å². The molecule has 0 unspecified atom stereocenters. The van der Waals surface area contributed by atoms with Crippen LogP contribution in [0.25, 0.3) is 0 Å². The van der Waals surface area contributed by atoms with Gasteiger partial charge in [-0.3, -0.25) is 9.59 Å². The SMILES string of the molecule is O=CNc1cccc(OCC(=O)NCC(F)(F)F)c1. The Kier molecular flexibility index (Phi) is 5.16. The minimum atomic E-state index is -4.45. The molecule has 0 aliphatic rings. The first-order chi connectivity index (χ1) is 8.90. The van der Waals surface area contributed by atoms with Gasteiger partial charge in [-0.1, -0.05) is 6.07 Å². The van der Waals surface area contributed by atoms with E-state index in [1.807, 2.05) is 0 Å². The number of carbonyl (C=O) groups excluding carboxylic acids is 2. The zero-order valence-electron chi connectivity index (χ0n) is 9.66. The third-order valence-electron chi connectivity index (χ3n) is 1.92. The van der Waals surface area contributed by atoms with Crippen LogP contribution in [0.4, 0.5) is 18.9 Å². The minimum Gasteiger partial charge on any atom is -0.484 e. The number of ether oxygens (including phenoxy) is 1. The number of amides is 2. The Morgan fingerprint density at radius 2 is 2.11 bits per heavy atom. The molecule has 0 atom stereocenters. The first kappa shape index (κ1) is 14.8. The molecule has 1 rings (SSSR count). The lowest BCUT2D eigenvalue weighted by atomic mass is 10.3. The lowest BCUT2D eigenvalue weighted by Gasteiger charge is -2.10. The number of halogens is 3. The van der Waals surface area contributed by atoms with Gasteiger partial charge in [-0.15, -0.1) is 0 Å². The summed E-state index contributed by atoms with van der Waals surface area (Å²) in [5, 5.41) is 4.04. The molecule has 0 spiro atoms. The van der Waals surface area contributed by atoms with Crippen molar-refractivity contribution in [2.75, 3.05) is 18.5 Å². The van der Waals surface area contributed by atoms with Crippen molar-refractivity contribution in [3.63, 3.8) is 0 Å². The van der Waals surface area contributed by atoms with Crippen LogP contribution >= 0.6 is 0 Å². The highest BCUT2D eigenvalue weighted by Crippen LogP contribution is 2.16. The van der Waals surface area contributed by atoms with E-state index in [4.69, 9.17) is 4.74 Å². The van der Waals surface area contributed by atoms with E-state index in [2.05, 4.69) is 5.32 Å². The van der Waals surface area contributed by atoms with Crippen molar-refractivity contribution in [1.82, 2.24) is 5.32 Å². The summed E-state index contributed by atoms with van der Waals surface area (Å²) in [6.45, 7) is -1.94. The lowest BCUT2D eigenvalue weighted by molar-refractivity contribution is -0.139. The van der Waals surface area contributed by atoms with Gasteiger partial charge in [-0.25, -0.2) is 0 Å². The van der Waals surface area contributed by atoms with Crippen LogP contribution in [0.3, 0.4) is 0 Å². The number of rotatable bonds is 6. The molecule has 19 heavy (non-hydrogen) atoms.